The lowest BCUT2D eigenvalue weighted by molar-refractivity contribution is 0.102. The molecule has 112 valence electrons. The Hall–Kier alpha value is -2.40. The van der Waals surface area contributed by atoms with Gasteiger partial charge in [0.05, 0.1) is 16.2 Å². The highest BCUT2D eigenvalue weighted by Crippen LogP contribution is 2.24. The van der Waals surface area contributed by atoms with Crippen molar-refractivity contribution in [3.8, 4) is 0 Å². The molecule has 6 heteroatoms. The third-order valence-corrected chi connectivity index (χ3v) is 3.63. The molecule has 0 saturated carbocycles. The molecule has 0 saturated heterocycles. The number of nitrogens with one attached hydrogen (secondary N) is 1. The van der Waals surface area contributed by atoms with Crippen LogP contribution in [0.1, 0.15) is 23.1 Å². The molecule has 3 aromatic rings. The summed E-state index contributed by atoms with van der Waals surface area (Å²) in [5.41, 5.74) is 2.60. The quantitative estimate of drug-likeness (QED) is 0.802. The second kappa shape index (κ2) is 5.77. The molecule has 0 unspecified atom stereocenters. The van der Waals surface area contributed by atoms with E-state index in [1.54, 1.807) is 10.9 Å². The van der Waals surface area contributed by atoms with Crippen molar-refractivity contribution in [3.63, 3.8) is 0 Å². The number of carbonyl (C=O) groups excluding carboxylic acids is 1. The predicted octanol–water partition coefficient (Wildman–Crippen LogP) is 3.67. The van der Waals surface area contributed by atoms with Gasteiger partial charge in [-0.2, -0.15) is 5.10 Å². The van der Waals surface area contributed by atoms with Crippen molar-refractivity contribution in [1.29, 1.82) is 0 Å². The van der Waals surface area contributed by atoms with Gasteiger partial charge < -0.3 is 5.32 Å². The van der Waals surface area contributed by atoms with Crippen LogP contribution in [0.4, 0.5) is 5.69 Å². The highest BCUT2D eigenvalue weighted by atomic mass is 35.5. The number of hydrogen-bond donors (Lipinski definition) is 1. The molecule has 2 aromatic heterocycles. The Morgan fingerprint density at radius 3 is 2.86 bits per heavy atom. The maximum Gasteiger partial charge on any atom is 0.277 e. The molecule has 0 radical (unpaired) electrons. The highest BCUT2D eigenvalue weighted by molar-refractivity contribution is 6.34. The van der Waals surface area contributed by atoms with E-state index >= 15 is 0 Å². The number of rotatable bonds is 3. The lowest BCUT2D eigenvalue weighted by Gasteiger charge is -2.09. The van der Waals surface area contributed by atoms with Crippen LogP contribution in [0.5, 0.6) is 0 Å². The van der Waals surface area contributed by atoms with Crippen LogP contribution < -0.4 is 5.32 Å². The minimum atomic E-state index is -0.326. The Labute approximate surface area is 132 Å². The number of benzene rings is 1. The number of pyridine rings is 1. The molecular weight excluding hydrogens is 300 g/mol. The van der Waals surface area contributed by atoms with Gasteiger partial charge in [-0.05, 0) is 26.0 Å². The summed E-state index contributed by atoms with van der Waals surface area (Å²) in [5, 5.41) is 8.29. The zero-order valence-corrected chi connectivity index (χ0v) is 13.1. The van der Waals surface area contributed by atoms with Gasteiger partial charge in [0.1, 0.15) is 0 Å². The molecule has 3 rings (SSSR count). The van der Waals surface area contributed by atoms with E-state index in [1.165, 1.54) is 0 Å². The molecule has 0 aliphatic heterocycles. The summed E-state index contributed by atoms with van der Waals surface area (Å²) in [6.45, 7) is 4.48. The average Bonchev–Trinajstić information content (AvgIpc) is 2.88. The average molecular weight is 315 g/mol. The smallest absolute Gasteiger partial charge is 0.277 e. The first-order chi connectivity index (χ1) is 10.6. The van der Waals surface area contributed by atoms with Gasteiger partial charge in [0.25, 0.3) is 5.91 Å². The van der Waals surface area contributed by atoms with Crippen LogP contribution in [0.2, 0.25) is 5.02 Å². The first-order valence-electron chi connectivity index (χ1n) is 6.99. The van der Waals surface area contributed by atoms with Crippen LogP contribution in [0.15, 0.2) is 36.5 Å². The Bertz CT molecular complexity index is 856. The largest absolute Gasteiger partial charge is 0.320 e. The molecule has 2 heterocycles. The van der Waals surface area contributed by atoms with E-state index in [0.29, 0.717) is 17.3 Å². The van der Waals surface area contributed by atoms with Crippen LogP contribution in [0.25, 0.3) is 10.9 Å². The lowest BCUT2D eigenvalue weighted by Crippen LogP contribution is -2.14. The molecule has 0 bridgehead atoms. The van der Waals surface area contributed by atoms with Gasteiger partial charge in [0, 0.05) is 23.8 Å². The molecule has 5 nitrogen and oxygen atoms in total. The molecular formula is C16H15ClN4O. The summed E-state index contributed by atoms with van der Waals surface area (Å²) < 4.78 is 1.63. The molecule has 22 heavy (non-hydrogen) atoms. The standard InChI is InChI=1S/C16H15ClN4O/c1-3-21-9-12(17)15(20-21)16(22)19-14-8-10(2)18-13-7-5-4-6-11(13)14/h4-9H,3H2,1-2H3,(H,18,19,22). The van der Waals surface area contributed by atoms with E-state index in [9.17, 15) is 4.79 Å². The summed E-state index contributed by atoms with van der Waals surface area (Å²) in [7, 11) is 0. The third-order valence-electron chi connectivity index (χ3n) is 3.35. The normalized spacial score (nSPS) is 10.9. The molecule has 1 N–H and O–H groups in total. The first kappa shape index (κ1) is 14.5. The van der Waals surface area contributed by atoms with Gasteiger partial charge in [-0.3, -0.25) is 14.5 Å². The fraction of sp³-hybridized carbons (Fsp3) is 0.188. The SMILES string of the molecule is CCn1cc(Cl)c(C(=O)Nc2cc(C)nc3ccccc23)n1. The van der Waals surface area contributed by atoms with E-state index in [4.69, 9.17) is 11.6 Å². The molecule has 0 aliphatic rings. The number of halogens is 1. The summed E-state index contributed by atoms with van der Waals surface area (Å²) in [5.74, 6) is -0.326. The number of aryl methyl sites for hydroxylation is 2. The van der Waals surface area contributed by atoms with Crippen molar-refractivity contribution < 1.29 is 4.79 Å². The zero-order chi connectivity index (χ0) is 15.7. The number of aromatic nitrogens is 3. The second-order valence-corrected chi connectivity index (χ2v) is 5.37. The maximum atomic E-state index is 12.4. The van der Waals surface area contributed by atoms with E-state index in [2.05, 4.69) is 15.4 Å². The van der Waals surface area contributed by atoms with Gasteiger partial charge in [-0.15, -0.1) is 0 Å². The zero-order valence-electron chi connectivity index (χ0n) is 12.3. The second-order valence-electron chi connectivity index (χ2n) is 4.96. The number of carbonyl (C=O) groups is 1. The fourth-order valence-corrected chi connectivity index (χ4v) is 2.54. The van der Waals surface area contributed by atoms with Crippen molar-refractivity contribution in [2.75, 3.05) is 5.32 Å². The summed E-state index contributed by atoms with van der Waals surface area (Å²) >= 11 is 6.08. The number of nitrogens with zero attached hydrogens (tertiary/aromatic N) is 3. The summed E-state index contributed by atoms with van der Waals surface area (Å²) in [4.78, 5) is 16.9. The number of amides is 1. The molecule has 1 amide bonds. The van der Waals surface area contributed by atoms with Crippen LogP contribution in [-0.4, -0.2) is 20.7 Å². The minimum Gasteiger partial charge on any atom is -0.320 e. The van der Waals surface area contributed by atoms with Crippen molar-refractivity contribution in [1.82, 2.24) is 14.8 Å². The topological polar surface area (TPSA) is 59.8 Å². The Morgan fingerprint density at radius 1 is 1.36 bits per heavy atom. The maximum absolute atomic E-state index is 12.4. The van der Waals surface area contributed by atoms with Gasteiger partial charge in [-0.1, -0.05) is 29.8 Å². The molecule has 0 atom stereocenters. The van der Waals surface area contributed by atoms with E-state index in [-0.39, 0.29) is 11.6 Å². The summed E-state index contributed by atoms with van der Waals surface area (Å²) in [6.07, 6.45) is 1.65. The van der Waals surface area contributed by atoms with Gasteiger partial charge in [0.15, 0.2) is 5.69 Å². The third kappa shape index (κ3) is 2.67. The number of fused-ring (bicyclic) bond motifs is 1. The van der Waals surface area contributed by atoms with Gasteiger partial charge in [-0.25, -0.2) is 0 Å². The fourth-order valence-electron chi connectivity index (χ4n) is 2.31. The van der Waals surface area contributed by atoms with Crippen molar-refractivity contribution in [2.24, 2.45) is 0 Å². The van der Waals surface area contributed by atoms with Crippen LogP contribution in [0.3, 0.4) is 0 Å². The van der Waals surface area contributed by atoms with E-state index in [0.717, 1.165) is 16.6 Å². The van der Waals surface area contributed by atoms with E-state index in [1.807, 2.05) is 44.2 Å². The Morgan fingerprint density at radius 2 is 2.14 bits per heavy atom. The molecule has 1 aromatic carbocycles. The monoisotopic (exact) mass is 314 g/mol. The molecule has 0 aliphatic carbocycles. The van der Waals surface area contributed by atoms with Crippen molar-refractivity contribution in [3.05, 3.63) is 52.9 Å². The van der Waals surface area contributed by atoms with Crippen LogP contribution in [-0.2, 0) is 6.54 Å². The van der Waals surface area contributed by atoms with Crippen LogP contribution in [0, 0.1) is 6.92 Å². The minimum absolute atomic E-state index is 0.224. The van der Waals surface area contributed by atoms with Crippen molar-refractivity contribution >= 4 is 34.1 Å². The number of para-hydroxylation sites is 1. The predicted molar refractivity (Wildman–Crippen MR) is 87.3 cm³/mol. The van der Waals surface area contributed by atoms with E-state index < -0.39 is 0 Å². The number of anilines is 1. The molecule has 0 fully saturated rings. The van der Waals surface area contributed by atoms with Gasteiger partial charge in [0.2, 0.25) is 0 Å². The Balaban J connectivity index is 1.99. The van der Waals surface area contributed by atoms with Crippen molar-refractivity contribution in [2.45, 2.75) is 20.4 Å². The van der Waals surface area contributed by atoms with Crippen LogP contribution >= 0.6 is 11.6 Å². The first-order valence-corrected chi connectivity index (χ1v) is 7.37. The highest BCUT2D eigenvalue weighted by Gasteiger charge is 2.16. The summed E-state index contributed by atoms with van der Waals surface area (Å²) in [6, 6.07) is 9.50. The lowest BCUT2D eigenvalue weighted by atomic mass is 10.1. The Kier molecular flexibility index (Phi) is 3.81. The molecule has 0 spiro atoms. The van der Waals surface area contributed by atoms with Gasteiger partial charge >= 0.3 is 0 Å². The number of hydrogen-bond acceptors (Lipinski definition) is 3.